The fourth-order valence-electron chi connectivity index (χ4n) is 3.86. The van der Waals surface area contributed by atoms with Crippen LogP contribution in [0.4, 0.5) is 16.2 Å². The summed E-state index contributed by atoms with van der Waals surface area (Å²) in [6, 6.07) is 11.6. The Balaban J connectivity index is 1.82. The zero-order valence-corrected chi connectivity index (χ0v) is 21.1. The molecule has 8 nitrogen and oxygen atoms in total. The van der Waals surface area contributed by atoms with Crippen LogP contribution in [0, 0.1) is 5.92 Å². The number of likely N-dealkylation sites (N-methyl/N-ethyl adjacent to an activating group) is 2. The summed E-state index contributed by atoms with van der Waals surface area (Å²) in [6.07, 6.45) is -0.0927. The number of rotatable bonds is 3. The number of methoxy groups -OCH3 is 1. The number of hydrogen-bond donors (Lipinski definition) is 2. The molecule has 1 aliphatic heterocycles. The molecule has 1 aliphatic rings. The molecule has 0 saturated carbocycles. The van der Waals surface area contributed by atoms with Crippen molar-refractivity contribution in [2.75, 3.05) is 51.5 Å². The smallest absolute Gasteiger partial charge is 0.323 e. The molecule has 2 aromatic rings. The Morgan fingerprint density at radius 1 is 1.06 bits per heavy atom. The molecule has 0 fully saturated rings. The van der Waals surface area contributed by atoms with Gasteiger partial charge in [-0.15, -0.1) is 0 Å². The van der Waals surface area contributed by atoms with Crippen molar-refractivity contribution in [1.29, 1.82) is 0 Å². The van der Waals surface area contributed by atoms with E-state index in [0.29, 0.717) is 40.9 Å². The fourth-order valence-corrected chi connectivity index (χ4v) is 3.98. The van der Waals surface area contributed by atoms with E-state index in [4.69, 9.17) is 21.1 Å². The molecule has 0 aromatic heterocycles. The molecule has 3 atom stereocenters. The first-order valence-electron chi connectivity index (χ1n) is 11.3. The number of carbonyl (C=O) groups excluding carboxylic acids is 2. The molecule has 3 amide bonds. The highest BCUT2D eigenvalue weighted by Gasteiger charge is 2.27. The highest BCUT2D eigenvalue weighted by molar-refractivity contribution is 6.30. The van der Waals surface area contributed by atoms with Gasteiger partial charge in [0, 0.05) is 55.8 Å². The number of nitrogens with one attached hydrogen (secondary N) is 2. The van der Waals surface area contributed by atoms with Crippen molar-refractivity contribution in [3.63, 3.8) is 0 Å². The minimum Gasteiger partial charge on any atom is -0.491 e. The van der Waals surface area contributed by atoms with Crippen LogP contribution in [0.2, 0.25) is 5.02 Å². The van der Waals surface area contributed by atoms with Crippen LogP contribution in [-0.4, -0.2) is 74.8 Å². The summed E-state index contributed by atoms with van der Waals surface area (Å²) in [5.74, 6) is 0.490. The first-order valence-corrected chi connectivity index (χ1v) is 11.6. The Labute approximate surface area is 206 Å². The number of halogens is 1. The summed E-state index contributed by atoms with van der Waals surface area (Å²) in [4.78, 5) is 29.6. The van der Waals surface area contributed by atoms with Gasteiger partial charge < -0.3 is 25.0 Å². The van der Waals surface area contributed by atoms with Gasteiger partial charge in [0.05, 0.1) is 11.7 Å². The van der Waals surface area contributed by atoms with Gasteiger partial charge in [-0.25, -0.2) is 4.79 Å². The van der Waals surface area contributed by atoms with E-state index < -0.39 is 6.03 Å². The van der Waals surface area contributed by atoms with Crippen LogP contribution in [0.25, 0.3) is 0 Å². The van der Waals surface area contributed by atoms with E-state index >= 15 is 0 Å². The molecule has 0 saturated heterocycles. The van der Waals surface area contributed by atoms with Crippen molar-refractivity contribution in [2.45, 2.75) is 26.0 Å². The first-order chi connectivity index (χ1) is 16.2. The predicted molar refractivity (Wildman–Crippen MR) is 135 cm³/mol. The number of hydrogen-bond acceptors (Lipinski definition) is 5. The van der Waals surface area contributed by atoms with E-state index in [1.54, 1.807) is 61.5 Å². The molecule has 2 aromatic carbocycles. The number of amides is 3. The molecule has 0 radical (unpaired) electrons. The van der Waals surface area contributed by atoms with Crippen LogP contribution >= 0.6 is 11.6 Å². The van der Waals surface area contributed by atoms with E-state index in [9.17, 15) is 9.59 Å². The lowest BCUT2D eigenvalue weighted by Crippen LogP contribution is -2.45. The average molecular weight is 489 g/mol. The van der Waals surface area contributed by atoms with Gasteiger partial charge >= 0.3 is 6.03 Å². The van der Waals surface area contributed by atoms with Gasteiger partial charge in [-0.2, -0.15) is 0 Å². The molecule has 0 aliphatic carbocycles. The van der Waals surface area contributed by atoms with Crippen molar-refractivity contribution in [3.8, 4) is 5.75 Å². The summed E-state index contributed by atoms with van der Waals surface area (Å²) in [6.45, 7) is 5.87. The minimum absolute atomic E-state index is 0.0927. The highest BCUT2D eigenvalue weighted by Crippen LogP contribution is 2.27. The van der Waals surface area contributed by atoms with Gasteiger partial charge in [0.15, 0.2) is 0 Å². The Morgan fingerprint density at radius 3 is 2.38 bits per heavy atom. The summed E-state index contributed by atoms with van der Waals surface area (Å²) in [7, 11) is 5.49. The van der Waals surface area contributed by atoms with E-state index in [-0.39, 0.29) is 24.0 Å². The lowest BCUT2D eigenvalue weighted by molar-refractivity contribution is 0.0150. The van der Waals surface area contributed by atoms with Crippen LogP contribution in [0.5, 0.6) is 5.75 Å². The van der Waals surface area contributed by atoms with E-state index in [1.807, 2.05) is 0 Å². The quantitative estimate of drug-likeness (QED) is 0.668. The lowest BCUT2D eigenvalue weighted by Gasteiger charge is -2.34. The molecule has 0 spiro atoms. The maximum absolute atomic E-state index is 13.2. The Bertz CT molecular complexity index is 1000. The van der Waals surface area contributed by atoms with Crippen LogP contribution in [-0.2, 0) is 4.74 Å². The number of benzene rings is 2. The third kappa shape index (κ3) is 6.62. The average Bonchev–Trinajstić information content (AvgIpc) is 2.81. The van der Waals surface area contributed by atoms with E-state index in [2.05, 4.69) is 36.4 Å². The standard InChI is InChI=1S/C25H33ClN4O4/c1-16-13-29(3)17(2)15-34-22-12-20(28-25(32)27-19-8-6-18(26)7-9-19)10-11-21(22)24(31)30(4)14-23(16)33-5/h6-12,16-17,23H,13-15H2,1-5H3,(H2,27,28,32)/t16-,17-,23-/m0/s1. The summed E-state index contributed by atoms with van der Waals surface area (Å²) >= 11 is 5.89. The van der Waals surface area contributed by atoms with Crippen LogP contribution < -0.4 is 15.4 Å². The second-order valence-corrected chi connectivity index (χ2v) is 9.27. The number of ether oxygens (including phenoxy) is 2. The Morgan fingerprint density at radius 2 is 1.71 bits per heavy atom. The third-order valence-corrected chi connectivity index (χ3v) is 6.37. The van der Waals surface area contributed by atoms with E-state index in [1.165, 1.54) is 0 Å². The molecular formula is C25H33ClN4O4. The van der Waals surface area contributed by atoms with Gasteiger partial charge in [-0.1, -0.05) is 18.5 Å². The number of urea groups is 1. The number of nitrogens with zero attached hydrogens (tertiary/aromatic N) is 2. The summed E-state index contributed by atoms with van der Waals surface area (Å²) in [5.41, 5.74) is 1.56. The van der Waals surface area contributed by atoms with Crippen molar-refractivity contribution in [1.82, 2.24) is 9.80 Å². The molecule has 1 heterocycles. The largest absolute Gasteiger partial charge is 0.491 e. The molecular weight excluding hydrogens is 456 g/mol. The van der Waals surface area contributed by atoms with Gasteiger partial charge in [-0.3, -0.25) is 9.69 Å². The Hall–Kier alpha value is -2.81. The van der Waals surface area contributed by atoms with Crippen LogP contribution in [0.15, 0.2) is 42.5 Å². The maximum Gasteiger partial charge on any atom is 0.323 e. The zero-order chi connectivity index (χ0) is 24.8. The molecule has 3 rings (SSSR count). The maximum atomic E-state index is 13.2. The number of fused-ring (bicyclic) bond motifs is 1. The molecule has 34 heavy (non-hydrogen) atoms. The van der Waals surface area contributed by atoms with Crippen LogP contribution in [0.3, 0.4) is 0 Å². The van der Waals surface area contributed by atoms with Crippen molar-refractivity contribution < 1.29 is 19.1 Å². The highest BCUT2D eigenvalue weighted by atomic mass is 35.5. The van der Waals surface area contributed by atoms with E-state index in [0.717, 1.165) is 6.54 Å². The molecule has 0 unspecified atom stereocenters. The summed E-state index contributed by atoms with van der Waals surface area (Å²) < 4.78 is 11.8. The third-order valence-electron chi connectivity index (χ3n) is 6.12. The summed E-state index contributed by atoms with van der Waals surface area (Å²) in [5, 5.41) is 6.13. The second kappa shape index (κ2) is 11.6. The normalized spacial score (nSPS) is 22.1. The van der Waals surface area contributed by atoms with Crippen molar-refractivity contribution in [2.24, 2.45) is 5.92 Å². The van der Waals surface area contributed by atoms with Crippen molar-refractivity contribution >= 4 is 34.9 Å². The Kier molecular flexibility index (Phi) is 8.77. The molecule has 9 heteroatoms. The number of anilines is 2. The van der Waals surface area contributed by atoms with Gasteiger partial charge in [-0.05, 0) is 56.3 Å². The monoisotopic (exact) mass is 488 g/mol. The topological polar surface area (TPSA) is 83.1 Å². The van der Waals surface area contributed by atoms with Gasteiger partial charge in [0.25, 0.3) is 5.91 Å². The predicted octanol–water partition coefficient (Wildman–Crippen LogP) is 4.42. The molecule has 0 bridgehead atoms. The zero-order valence-electron chi connectivity index (χ0n) is 20.3. The minimum atomic E-state index is -0.413. The fraction of sp³-hybridized carbons (Fsp3) is 0.440. The van der Waals surface area contributed by atoms with Crippen molar-refractivity contribution in [3.05, 3.63) is 53.1 Å². The van der Waals surface area contributed by atoms with Gasteiger partial charge in [0.2, 0.25) is 0 Å². The second-order valence-electron chi connectivity index (χ2n) is 8.83. The first kappa shape index (κ1) is 25.8. The van der Waals surface area contributed by atoms with Crippen LogP contribution in [0.1, 0.15) is 24.2 Å². The lowest BCUT2D eigenvalue weighted by atomic mass is 10.0. The van der Waals surface area contributed by atoms with Gasteiger partial charge in [0.1, 0.15) is 12.4 Å². The SMILES string of the molecule is CO[C@H]1CN(C)C(=O)c2ccc(NC(=O)Nc3ccc(Cl)cc3)cc2OC[C@H](C)N(C)C[C@@H]1C. The molecule has 184 valence electrons. The number of carbonyl (C=O) groups is 2. The molecule has 2 N–H and O–H groups in total.